The van der Waals surface area contributed by atoms with Crippen molar-refractivity contribution in [1.29, 1.82) is 0 Å². The normalized spacial score (nSPS) is 9.00. The number of hydrogen-bond acceptors (Lipinski definition) is 1. The first-order chi connectivity index (χ1) is 3.66. The van der Waals surface area contributed by atoms with Crippen molar-refractivity contribution in [2.45, 2.75) is 19.9 Å². The van der Waals surface area contributed by atoms with Gasteiger partial charge in [0, 0.05) is 13.1 Å². The lowest BCUT2D eigenvalue weighted by molar-refractivity contribution is 0.239. The molecule has 47 valence electrons. The Morgan fingerprint density at radius 2 is 2.12 bits per heavy atom. The Balaban J connectivity index is 3.25. The first kappa shape index (κ1) is 7.27. The van der Waals surface area contributed by atoms with E-state index in [9.17, 15) is 4.79 Å². The summed E-state index contributed by atoms with van der Waals surface area (Å²) in [5, 5.41) is 6.04. The van der Waals surface area contributed by atoms with Crippen LogP contribution < -0.4 is 10.6 Å². The number of rotatable bonds is 1. The van der Waals surface area contributed by atoms with Crippen molar-refractivity contribution in [3.8, 4) is 0 Å². The van der Waals surface area contributed by atoms with Gasteiger partial charge >= 0.3 is 6.03 Å². The zero-order valence-electron chi connectivity index (χ0n) is 5.43. The maximum atomic E-state index is 10.3. The summed E-state index contributed by atoms with van der Waals surface area (Å²) in [6.07, 6.45) is 0. The van der Waals surface area contributed by atoms with Crippen LogP contribution in [0.3, 0.4) is 0 Å². The van der Waals surface area contributed by atoms with Crippen molar-refractivity contribution < 1.29 is 4.79 Å². The highest BCUT2D eigenvalue weighted by molar-refractivity contribution is 5.73. The van der Waals surface area contributed by atoms with E-state index in [-0.39, 0.29) is 12.1 Å². The van der Waals surface area contributed by atoms with Gasteiger partial charge < -0.3 is 5.32 Å². The molecule has 0 saturated carbocycles. The molecule has 3 nitrogen and oxygen atoms in total. The number of urea groups is 1. The number of carbonyl (C=O) groups excluding carboxylic acids is 1. The lowest BCUT2D eigenvalue weighted by atomic mass is 10.4. The maximum absolute atomic E-state index is 10.3. The Labute approximate surface area is 49.5 Å². The van der Waals surface area contributed by atoms with E-state index in [1.54, 1.807) is 7.05 Å². The van der Waals surface area contributed by atoms with Crippen LogP contribution in [-0.4, -0.2) is 19.1 Å². The van der Waals surface area contributed by atoms with Crippen molar-refractivity contribution in [3.63, 3.8) is 0 Å². The lowest BCUT2D eigenvalue weighted by Gasteiger charge is -2.01. The van der Waals surface area contributed by atoms with Crippen molar-refractivity contribution in [3.05, 3.63) is 0 Å². The third kappa shape index (κ3) is 3.46. The van der Waals surface area contributed by atoms with Gasteiger partial charge in [-0.15, -0.1) is 0 Å². The summed E-state index contributed by atoms with van der Waals surface area (Å²) >= 11 is 0. The Kier molecular flexibility index (Phi) is 2.99. The van der Waals surface area contributed by atoms with E-state index in [1.807, 2.05) is 13.8 Å². The van der Waals surface area contributed by atoms with Crippen LogP contribution in [0.4, 0.5) is 4.79 Å². The summed E-state index contributed by atoms with van der Waals surface area (Å²) in [5.41, 5.74) is 0. The first-order valence-electron chi connectivity index (χ1n) is 2.59. The van der Waals surface area contributed by atoms with Gasteiger partial charge in [-0.05, 0) is 13.8 Å². The molecule has 2 amide bonds. The summed E-state index contributed by atoms with van der Waals surface area (Å²) < 4.78 is 0. The maximum Gasteiger partial charge on any atom is 0.336 e. The molecular formula is C5H11N2O. The lowest BCUT2D eigenvalue weighted by Crippen LogP contribution is -2.30. The summed E-state index contributed by atoms with van der Waals surface area (Å²) in [6, 6.07) is -0.157. The largest absolute Gasteiger partial charge is 0.340 e. The minimum absolute atomic E-state index is 0.0925. The van der Waals surface area contributed by atoms with Crippen LogP contribution in [0.2, 0.25) is 0 Å². The molecule has 0 aromatic heterocycles. The number of carbonyl (C=O) groups is 1. The quantitative estimate of drug-likeness (QED) is 0.526. The van der Waals surface area contributed by atoms with Crippen LogP contribution in [0, 0.1) is 0 Å². The average Bonchev–Trinajstić information content (AvgIpc) is 1.65. The second kappa shape index (κ2) is 3.29. The molecule has 1 N–H and O–H groups in total. The predicted octanol–water partition coefficient (Wildman–Crippen LogP) is 0.339. The molecule has 0 rings (SSSR count). The minimum Gasteiger partial charge on any atom is -0.340 e. The van der Waals surface area contributed by atoms with Gasteiger partial charge in [0.05, 0.1) is 0 Å². The molecule has 0 bridgehead atoms. The van der Waals surface area contributed by atoms with Crippen molar-refractivity contribution in [2.75, 3.05) is 7.05 Å². The summed E-state index contributed by atoms with van der Waals surface area (Å²) in [4.78, 5) is 10.3. The second-order valence-corrected chi connectivity index (χ2v) is 1.78. The van der Waals surface area contributed by atoms with Gasteiger partial charge in [-0.1, -0.05) is 0 Å². The molecule has 0 atom stereocenters. The monoisotopic (exact) mass is 115 g/mol. The minimum atomic E-state index is -0.250. The predicted molar refractivity (Wildman–Crippen MR) is 31.7 cm³/mol. The zero-order valence-corrected chi connectivity index (χ0v) is 5.43. The average molecular weight is 115 g/mol. The van der Waals surface area contributed by atoms with E-state index in [4.69, 9.17) is 0 Å². The molecule has 0 aliphatic rings. The topological polar surface area (TPSA) is 43.2 Å². The molecule has 0 spiro atoms. The van der Waals surface area contributed by atoms with Gasteiger partial charge in [0.15, 0.2) is 0 Å². The summed E-state index contributed by atoms with van der Waals surface area (Å²) in [5.74, 6) is 0. The molecule has 0 aromatic rings. The molecule has 1 radical (unpaired) electrons. The molecule has 0 aliphatic heterocycles. The molecule has 0 fully saturated rings. The number of hydrogen-bond donors (Lipinski definition) is 1. The smallest absolute Gasteiger partial charge is 0.336 e. The van der Waals surface area contributed by atoms with Gasteiger partial charge in [0.1, 0.15) is 0 Å². The van der Waals surface area contributed by atoms with Crippen LogP contribution in [0.25, 0.3) is 0 Å². The Morgan fingerprint density at radius 1 is 1.62 bits per heavy atom. The molecule has 0 unspecified atom stereocenters. The highest BCUT2D eigenvalue weighted by atomic mass is 16.2. The van der Waals surface area contributed by atoms with Crippen LogP contribution in [-0.2, 0) is 0 Å². The van der Waals surface area contributed by atoms with E-state index < -0.39 is 0 Å². The van der Waals surface area contributed by atoms with Gasteiger partial charge in [-0.2, -0.15) is 0 Å². The zero-order chi connectivity index (χ0) is 6.57. The highest BCUT2D eigenvalue weighted by Crippen LogP contribution is 1.77. The van der Waals surface area contributed by atoms with E-state index in [2.05, 4.69) is 10.6 Å². The first-order valence-corrected chi connectivity index (χ1v) is 2.59. The van der Waals surface area contributed by atoms with Gasteiger partial charge in [-0.25, -0.2) is 10.1 Å². The van der Waals surface area contributed by atoms with Gasteiger partial charge in [0.25, 0.3) is 0 Å². The third-order valence-electron chi connectivity index (χ3n) is 0.589. The van der Waals surface area contributed by atoms with E-state index in [0.29, 0.717) is 0 Å². The Hall–Kier alpha value is -0.730. The van der Waals surface area contributed by atoms with Crippen LogP contribution >= 0.6 is 0 Å². The molecule has 0 aromatic carbocycles. The molecule has 8 heavy (non-hydrogen) atoms. The Bertz CT molecular complexity index is 80.5. The third-order valence-corrected chi connectivity index (χ3v) is 0.589. The SMILES string of the molecule is CNC(=O)[N]C(C)C. The molecule has 3 heteroatoms. The van der Waals surface area contributed by atoms with Crippen molar-refractivity contribution in [1.82, 2.24) is 10.6 Å². The van der Waals surface area contributed by atoms with E-state index in [0.717, 1.165) is 0 Å². The van der Waals surface area contributed by atoms with E-state index in [1.165, 1.54) is 0 Å². The number of amides is 2. The van der Waals surface area contributed by atoms with Crippen molar-refractivity contribution in [2.24, 2.45) is 0 Å². The van der Waals surface area contributed by atoms with E-state index >= 15 is 0 Å². The number of nitrogens with one attached hydrogen (secondary N) is 1. The fourth-order valence-corrected chi connectivity index (χ4v) is 0.299. The highest BCUT2D eigenvalue weighted by Gasteiger charge is 1.98. The number of nitrogens with zero attached hydrogens (tertiary/aromatic N) is 1. The fourth-order valence-electron chi connectivity index (χ4n) is 0.299. The van der Waals surface area contributed by atoms with Crippen molar-refractivity contribution >= 4 is 6.03 Å². The van der Waals surface area contributed by atoms with Gasteiger partial charge in [-0.3, -0.25) is 0 Å². The fraction of sp³-hybridized carbons (Fsp3) is 0.800. The van der Waals surface area contributed by atoms with Crippen LogP contribution in [0.1, 0.15) is 13.8 Å². The molecular weight excluding hydrogens is 104 g/mol. The standard InChI is InChI=1S/C5H11N2O/c1-4(2)7-5(8)6-3/h4H,1-3H3,(H,6,8). The molecule has 0 aliphatic carbocycles. The van der Waals surface area contributed by atoms with Gasteiger partial charge in [0.2, 0.25) is 0 Å². The summed E-state index contributed by atoms with van der Waals surface area (Å²) in [6.45, 7) is 3.71. The molecule has 0 heterocycles. The van der Waals surface area contributed by atoms with Crippen LogP contribution in [0.5, 0.6) is 0 Å². The Morgan fingerprint density at radius 3 is 2.25 bits per heavy atom. The summed E-state index contributed by atoms with van der Waals surface area (Å²) in [7, 11) is 1.56. The van der Waals surface area contributed by atoms with Crippen LogP contribution in [0.15, 0.2) is 0 Å². The molecule has 0 saturated heterocycles. The second-order valence-electron chi connectivity index (χ2n) is 1.78.